The molecule has 0 fully saturated rings. The summed E-state index contributed by atoms with van der Waals surface area (Å²) in [6.45, 7) is 0.543. The maximum absolute atomic E-state index is 12.6. The average Bonchev–Trinajstić information content (AvgIpc) is 2.91. The highest BCUT2D eigenvalue weighted by Crippen LogP contribution is 2.38. The van der Waals surface area contributed by atoms with E-state index in [2.05, 4.69) is 9.72 Å². The minimum Gasteiger partial charge on any atom is -0.406 e. The van der Waals surface area contributed by atoms with Gasteiger partial charge >= 0.3 is 6.36 Å². The van der Waals surface area contributed by atoms with Gasteiger partial charge in [0.1, 0.15) is 5.75 Å². The lowest BCUT2D eigenvalue weighted by molar-refractivity contribution is -0.274. The van der Waals surface area contributed by atoms with Gasteiger partial charge in [-0.2, -0.15) is 0 Å². The quantitative estimate of drug-likeness (QED) is 0.461. The van der Waals surface area contributed by atoms with Gasteiger partial charge in [0, 0.05) is 21.5 Å². The number of halogens is 5. The van der Waals surface area contributed by atoms with Crippen molar-refractivity contribution in [1.29, 1.82) is 0 Å². The van der Waals surface area contributed by atoms with Crippen molar-refractivity contribution >= 4 is 34.1 Å². The van der Waals surface area contributed by atoms with E-state index in [0.29, 0.717) is 33.9 Å². The summed E-state index contributed by atoms with van der Waals surface area (Å²) in [6.07, 6.45) is -2.50. The topological polar surface area (TPSA) is 51.0 Å². The van der Waals surface area contributed by atoms with Crippen molar-refractivity contribution in [1.82, 2.24) is 4.98 Å². The number of alkyl halides is 3. The predicted molar refractivity (Wildman–Crippen MR) is 102 cm³/mol. The standard InChI is InChI=1S/C19H17Cl2F3N2O/c20-11-4-6-14(16(21)9-11)18-13(3-1-2-8-25)15-10-12(27-19(22,23)24)5-7-17(15)26-18/h4-7,9-10,26H,1-3,8,25H2. The zero-order valence-electron chi connectivity index (χ0n) is 14.2. The predicted octanol–water partition coefficient (Wildman–Crippen LogP) is 6.32. The van der Waals surface area contributed by atoms with Gasteiger partial charge in [0.15, 0.2) is 0 Å². The molecule has 27 heavy (non-hydrogen) atoms. The summed E-state index contributed by atoms with van der Waals surface area (Å²) in [7, 11) is 0. The molecule has 144 valence electrons. The van der Waals surface area contributed by atoms with Gasteiger partial charge in [0.05, 0.1) is 10.7 Å². The number of hydrogen-bond acceptors (Lipinski definition) is 2. The van der Waals surface area contributed by atoms with Gasteiger partial charge < -0.3 is 15.5 Å². The molecule has 0 aliphatic rings. The van der Waals surface area contributed by atoms with Crippen LogP contribution in [0.15, 0.2) is 36.4 Å². The van der Waals surface area contributed by atoms with Crippen molar-refractivity contribution in [2.24, 2.45) is 5.73 Å². The number of aryl methyl sites for hydroxylation is 1. The molecule has 0 aliphatic heterocycles. The van der Waals surface area contributed by atoms with Crippen molar-refractivity contribution in [3.8, 4) is 17.0 Å². The second-order valence-corrected chi connectivity index (χ2v) is 6.95. The summed E-state index contributed by atoms with van der Waals surface area (Å²) in [4.78, 5) is 3.26. The number of nitrogens with two attached hydrogens (primary N) is 1. The molecule has 0 unspecified atom stereocenters. The summed E-state index contributed by atoms with van der Waals surface area (Å²) in [6, 6.07) is 9.38. The highest BCUT2D eigenvalue weighted by molar-refractivity contribution is 6.36. The fourth-order valence-electron chi connectivity index (χ4n) is 3.05. The lowest BCUT2D eigenvalue weighted by atomic mass is 10.00. The average molecular weight is 417 g/mol. The van der Waals surface area contributed by atoms with Gasteiger partial charge in [0.2, 0.25) is 0 Å². The van der Waals surface area contributed by atoms with E-state index in [4.69, 9.17) is 28.9 Å². The number of rotatable bonds is 6. The van der Waals surface area contributed by atoms with Crippen LogP contribution in [0.1, 0.15) is 18.4 Å². The Labute approximate surface area is 164 Å². The molecule has 3 aromatic rings. The van der Waals surface area contributed by atoms with Gasteiger partial charge in [-0.05, 0) is 67.8 Å². The number of aromatic nitrogens is 1. The molecule has 0 aliphatic carbocycles. The molecular formula is C19H17Cl2F3N2O. The van der Waals surface area contributed by atoms with Crippen LogP contribution in [-0.2, 0) is 6.42 Å². The molecule has 0 atom stereocenters. The molecule has 2 aromatic carbocycles. The fourth-order valence-corrected chi connectivity index (χ4v) is 3.55. The number of ether oxygens (including phenoxy) is 1. The monoisotopic (exact) mass is 416 g/mol. The molecule has 8 heteroatoms. The first-order chi connectivity index (χ1) is 12.8. The molecule has 3 rings (SSSR count). The van der Waals surface area contributed by atoms with E-state index >= 15 is 0 Å². The molecule has 0 spiro atoms. The van der Waals surface area contributed by atoms with E-state index in [1.807, 2.05) is 0 Å². The van der Waals surface area contributed by atoms with Crippen LogP contribution in [0.4, 0.5) is 13.2 Å². The van der Waals surface area contributed by atoms with E-state index in [1.54, 1.807) is 24.3 Å². The van der Waals surface area contributed by atoms with Gasteiger partial charge in [-0.3, -0.25) is 0 Å². The smallest absolute Gasteiger partial charge is 0.406 e. The van der Waals surface area contributed by atoms with E-state index in [0.717, 1.165) is 29.7 Å². The van der Waals surface area contributed by atoms with Crippen LogP contribution in [0.2, 0.25) is 10.0 Å². The second-order valence-electron chi connectivity index (χ2n) is 6.10. The van der Waals surface area contributed by atoms with E-state index in [9.17, 15) is 13.2 Å². The first kappa shape index (κ1) is 19.9. The number of unbranched alkanes of at least 4 members (excludes halogenated alkanes) is 1. The summed E-state index contributed by atoms with van der Waals surface area (Å²) in [5.74, 6) is -0.261. The van der Waals surface area contributed by atoms with Gasteiger partial charge in [-0.15, -0.1) is 13.2 Å². The number of fused-ring (bicyclic) bond motifs is 1. The molecule has 0 saturated heterocycles. The van der Waals surface area contributed by atoms with Gasteiger partial charge in [-0.25, -0.2) is 0 Å². The van der Waals surface area contributed by atoms with Crippen LogP contribution in [0.25, 0.3) is 22.2 Å². The summed E-state index contributed by atoms with van der Waals surface area (Å²) in [5, 5.41) is 1.63. The Kier molecular flexibility index (Phi) is 5.89. The Bertz CT molecular complexity index is 954. The third-order valence-corrected chi connectivity index (χ3v) is 4.74. The van der Waals surface area contributed by atoms with Crippen molar-refractivity contribution < 1.29 is 17.9 Å². The Balaban J connectivity index is 2.12. The van der Waals surface area contributed by atoms with Crippen LogP contribution in [-0.4, -0.2) is 17.9 Å². The van der Waals surface area contributed by atoms with Crippen LogP contribution in [0, 0.1) is 0 Å². The van der Waals surface area contributed by atoms with Crippen LogP contribution in [0.5, 0.6) is 5.75 Å². The second kappa shape index (κ2) is 8.00. The number of H-pyrrole nitrogens is 1. The molecule has 1 heterocycles. The van der Waals surface area contributed by atoms with Gasteiger partial charge in [-0.1, -0.05) is 23.2 Å². The van der Waals surface area contributed by atoms with Crippen LogP contribution >= 0.6 is 23.2 Å². The largest absolute Gasteiger partial charge is 0.573 e. The number of aromatic amines is 1. The van der Waals surface area contributed by atoms with E-state index in [1.165, 1.54) is 12.1 Å². The first-order valence-electron chi connectivity index (χ1n) is 8.34. The Morgan fingerprint density at radius 2 is 1.81 bits per heavy atom. The highest BCUT2D eigenvalue weighted by atomic mass is 35.5. The lowest BCUT2D eigenvalue weighted by Crippen LogP contribution is -2.16. The van der Waals surface area contributed by atoms with Crippen molar-refractivity contribution in [2.75, 3.05) is 6.54 Å². The zero-order valence-corrected chi connectivity index (χ0v) is 15.7. The van der Waals surface area contributed by atoms with E-state index < -0.39 is 6.36 Å². The summed E-state index contributed by atoms with van der Waals surface area (Å²) < 4.78 is 41.8. The van der Waals surface area contributed by atoms with E-state index in [-0.39, 0.29) is 5.75 Å². The van der Waals surface area contributed by atoms with Crippen LogP contribution in [0.3, 0.4) is 0 Å². The molecule has 1 aromatic heterocycles. The van der Waals surface area contributed by atoms with Crippen molar-refractivity contribution in [2.45, 2.75) is 25.6 Å². The molecule has 3 N–H and O–H groups in total. The first-order valence-corrected chi connectivity index (χ1v) is 9.10. The molecule has 0 bridgehead atoms. The third kappa shape index (κ3) is 4.69. The summed E-state index contributed by atoms with van der Waals surface area (Å²) in [5.41, 5.74) is 8.64. The Hall–Kier alpha value is -1.89. The normalized spacial score (nSPS) is 11.9. The molecule has 0 saturated carbocycles. The number of benzene rings is 2. The van der Waals surface area contributed by atoms with Crippen molar-refractivity contribution in [3.05, 3.63) is 52.0 Å². The molecule has 0 amide bonds. The maximum Gasteiger partial charge on any atom is 0.573 e. The van der Waals surface area contributed by atoms with Gasteiger partial charge in [0.25, 0.3) is 0 Å². The minimum absolute atomic E-state index is 0.261. The Morgan fingerprint density at radius 1 is 1.04 bits per heavy atom. The third-order valence-electron chi connectivity index (χ3n) is 4.19. The SMILES string of the molecule is NCCCCc1c(-c2ccc(Cl)cc2Cl)[nH]c2ccc(OC(F)(F)F)cc12. The highest BCUT2D eigenvalue weighted by Gasteiger charge is 2.31. The van der Waals surface area contributed by atoms with Crippen LogP contribution < -0.4 is 10.5 Å². The molecule has 0 radical (unpaired) electrons. The molecular weight excluding hydrogens is 400 g/mol. The number of hydrogen-bond donors (Lipinski definition) is 2. The maximum atomic E-state index is 12.6. The fraction of sp³-hybridized carbons (Fsp3) is 0.263. The van der Waals surface area contributed by atoms with Crippen molar-refractivity contribution in [3.63, 3.8) is 0 Å². The Morgan fingerprint density at radius 3 is 2.48 bits per heavy atom. The molecule has 3 nitrogen and oxygen atoms in total. The lowest BCUT2D eigenvalue weighted by Gasteiger charge is -2.09. The zero-order chi connectivity index (χ0) is 19.6. The minimum atomic E-state index is -4.74. The number of nitrogens with one attached hydrogen (secondary N) is 1. The summed E-state index contributed by atoms with van der Waals surface area (Å²) >= 11 is 12.3.